The number of rotatable bonds is 9. The Bertz CT molecular complexity index is 981. The van der Waals surface area contributed by atoms with Crippen LogP contribution in [0.25, 0.3) is 0 Å². The van der Waals surface area contributed by atoms with Crippen molar-refractivity contribution in [1.82, 2.24) is 10.6 Å². The Balaban J connectivity index is 1.04. The number of para-hydroxylation sites is 1. The number of carbonyl (C=O) groups excluding carboxylic acids is 4. The van der Waals surface area contributed by atoms with Gasteiger partial charge < -0.3 is 20.7 Å². The molecule has 4 bridgehead atoms. The highest BCUT2D eigenvalue weighted by Crippen LogP contribution is 2.60. The molecule has 0 heterocycles. The first-order valence-electron chi connectivity index (χ1n) is 13.5. The summed E-state index contributed by atoms with van der Waals surface area (Å²) in [6.07, 6.45) is 11.0. The van der Waals surface area contributed by atoms with Gasteiger partial charge in [-0.25, -0.2) is 0 Å². The lowest BCUT2D eigenvalue weighted by atomic mass is 9.49. The summed E-state index contributed by atoms with van der Waals surface area (Å²) in [4.78, 5) is 50.2. The molecule has 0 radical (unpaired) electrons. The number of esters is 1. The molecule has 6 rings (SSSR count). The summed E-state index contributed by atoms with van der Waals surface area (Å²) < 4.78 is 5.11. The number of carbonyl (C=O) groups is 4. The summed E-state index contributed by atoms with van der Waals surface area (Å²) in [7, 11) is 0. The topological polar surface area (TPSA) is 114 Å². The number of hydrogen-bond donors (Lipinski definition) is 3. The zero-order valence-corrected chi connectivity index (χ0v) is 20.9. The SMILES string of the molecule is O=C(COC(=O)CCNC(=O)C12CC3CC(CC(C3)C1)C2)Nc1ccccc1C(=O)NC1CCCC1. The van der Waals surface area contributed by atoms with Crippen LogP contribution in [0.1, 0.15) is 81.0 Å². The van der Waals surface area contributed by atoms with Crippen LogP contribution in [0.2, 0.25) is 0 Å². The lowest BCUT2D eigenvalue weighted by Crippen LogP contribution is -2.53. The van der Waals surface area contributed by atoms with E-state index in [0.29, 0.717) is 29.0 Å². The Kier molecular flexibility index (Phi) is 7.30. The van der Waals surface area contributed by atoms with E-state index in [0.717, 1.165) is 44.9 Å². The van der Waals surface area contributed by atoms with Crippen molar-refractivity contribution in [3.8, 4) is 0 Å². The smallest absolute Gasteiger partial charge is 0.308 e. The molecule has 0 atom stereocenters. The first kappa shape index (κ1) is 24.8. The van der Waals surface area contributed by atoms with Gasteiger partial charge in [0.1, 0.15) is 0 Å². The van der Waals surface area contributed by atoms with Gasteiger partial charge in [-0.15, -0.1) is 0 Å². The van der Waals surface area contributed by atoms with Crippen LogP contribution in [0.4, 0.5) is 5.69 Å². The van der Waals surface area contributed by atoms with Crippen LogP contribution in [0.3, 0.4) is 0 Å². The molecule has 3 N–H and O–H groups in total. The maximum atomic E-state index is 13.0. The van der Waals surface area contributed by atoms with Gasteiger partial charge >= 0.3 is 5.97 Å². The molecule has 0 spiro atoms. The van der Waals surface area contributed by atoms with Crippen molar-refractivity contribution in [1.29, 1.82) is 0 Å². The van der Waals surface area contributed by atoms with E-state index in [1.165, 1.54) is 19.3 Å². The molecule has 8 nitrogen and oxygen atoms in total. The van der Waals surface area contributed by atoms with E-state index in [1.54, 1.807) is 24.3 Å². The van der Waals surface area contributed by atoms with E-state index < -0.39 is 18.5 Å². The monoisotopic (exact) mass is 495 g/mol. The number of ether oxygens (including phenoxy) is 1. The normalized spacial score (nSPS) is 28.5. The van der Waals surface area contributed by atoms with Crippen molar-refractivity contribution in [2.45, 2.75) is 76.7 Å². The maximum Gasteiger partial charge on any atom is 0.308 e. The second-order valence-corrected chi connectivity index (χ2v) is 11.4. The van der Waals surface area contributed by atoms with Crippen molar-refractivity contribution in [3.63, 3.8) is 0 Å². The first-order valence-corrected chi connectivity index (χ1v) is 13.5. The predicted molar refractivity (Wildman–Crippen MR) is 134 cm³/mol. The van der Waals surface area contributed by atoms with E-state index in [9.17, 15) is 19.2 Å². The number of benzene rings is 1. The predicted octanol–water partition coefficient (Wildman–Crippen LogP) is 3.56. The molecule has 0 saturated heterocycles. The number of amides is 3. The van der Waals surface area contributed by atoms with E-state index >= 15 is 0 Å². The van der Waals surface area contributed by atoms with E-state index in [4.69, 9.17) is 4.74 Å². The first-order chi connectivity index (χ1) is 17.4. The van der Waals surface area contributed by atoms with Gasteiger partial charge in [0, 0.05) is 18.0 Å². The summed E-state index contributed by atoms with van der Waals surface area (Å²) >= 11 is 0. The summed E-state index contributed by atoms with van der Waals surface area (Å²) in [6, 6.07) is 6.98. The number of anilines is 1. The molecule has 5 saturated carbocycles. The lowest BCUT2D eigenvalue weighted by molar-refractivity contribution is -0.148. The molecular weight excluding hydrogens is 458 g/mol. The zero-order valence-electron chi connectivity index (χ0n) is 20.9. The van der Waals surface area contributed by atoms with Crippen LogP contribution in [-0.2, 0) is 19.1 Å². The Morgan fingerprint density at radius 3 is 2.22 bits per heavy atom. The average molecular weight is 496 g/mol. The van der Waals surface area contributed by atoms with Crippen LogP contribution in [0.5, 0.6) is 0 Å². The van der Waals surface area contributed by atoms with Gasteiger partial charge in [0.15, 0.2) is 6.61 Å². The quantitative estimate of drug-likeness (QED) is 0.453. The minimum Gasteiger partial charge on any atom is -0.456 e. The molecule has 1 aromatic carbocycles. The number of nitrogens with one attached hydrogen (secondary N) is 3. The third kappa shape index (κ3) is 5.57. The minimum absolute atomic E-state index is 0.0196. The van der Waals surface area contributed by atoms with Crippen LogP contribution in [0.15, 0.2) is 24.3 Å². The van der Waals surface area contributed by atoms with Gasteiger partial charge in [-0.3, -0.25) is 19.2 Å². The highest BCUT2D eigenvalue weighted by Gasteiger charge is 2.54. The Morgan fingerprint density at radius 1 is 0.917 bits per heavy atom. The van der Waals surface area contributed by atoms with Crippen molar-refractivity contribution in [3.05, 3.63) is 29.8 Å². The molecule has 0 aliphatic heterocycles. The summed E-state index contributed by atoms with van der Waals surface area (Å²) in [6.45, 7) is -0.231. The molecule has 3 amide bonds. The molecule has 8 heteroatoms. The minimum atomic E-state index is -0.539. The van der Waals surface area contributed by atoms with Crippen LogP contribution < -0.4 is 16.0 Å². The van der Waals surface area contributed by atoms with Gasteiger partial charge in [-0.05, 0) is 81.3 Å². The second kappa shape index (κ2) is 10.6. The van der Waals surface area contributed by atoms with E-state index in [1.807, 2.05) is 0 Å². The van der Waals surface area contributed by atoms with Crippen LogP contribution >= 0.6 is 0 Å². The fourth-order valence-corrected chi connectivity index (χ4v) is 7.38. The third-order valence-corrected chi connectivity index (χ3v) is 8.64. The van der Waals surface area contributed by atoms with Crippen molar-refractivity contribution < 1.29 is 23.9 Å². The summed E-state index contributed by atoms with van der Waals surface area (Å²) in [5.74, 6) is 0.868. The largest absolute Gasteiger partial charge is 0.456 e. The lowest BCUT2D eigenvalue weighted by Gasteiger charge is -2.55. The molecule has 5 aliphatic rings. The Hall–Kier alpha value is -2.90. The maximum absolute atomic E-state index is 13.0. The van der Waals surface area contributed by atoms with Crippen molar-refractivity contribution >= 4 is 29.4 Å². The van der Waals surface area contributed by atoms with Gasteiger partial charge in [-0.2, -0.15) is 0 Å². The zero-order chi connectivity index (χ0) is 25.1. The Labute approximate surface area is 212 Å². The fourth-order valence-electron chi connectivity index (χ4n) is 7.38. The highest BCUT2D eigenvalue weighted by molar-refractivity contribution is 6.04. The second-order valence-electron chi connectivity index (χ2n) is 11.4. The molecular formula is C28H37N3O5. The molecule has 0 unspecified atom stereocenters. The third-order valence-electron chi connectivity index (χ3n) is 8.64. The van der Waals surface area contributed by atoms with Crippen molar-refractivity contribution in [2.75, 3.05) is 18.5 Å². The molecule has 5 aliphatic carbocycles. The van der Waals surface area contributed by atoms with Crippen molar-refractivity contribution in [2.24, 2.45) is 23.2 Å². The van der Waals surface area contributed by atoms with Gasteiger partial charge in [-0.1, -0.05) is 25.0 Å². The summed E-state index contributed by atoms with van der Waals surface area (Å²) in [5, 5.41) is 8.66. The van der Waals surface area contributed by atoms with Gasteiger partial charge in [0.25, 0.3) is 11.8 Å². The van der Waals surface area contributed by atoms with Crippen LogP contribution in [0, 0.1) is 23.2 Å². The summed E-state index contributed by atoms with van der Waals surface area (Å²) in [5.41, 5.74) is 0.532. The standard InChI is InChI=1S/C28H37N3O5/c32-24(31-23-8-4-3-7-22(23)26(34)30-21-5-1-2-6-21)17-36-25(33)9-10-29-27(35)28-14-18-11-19(15-28)13-20(12-18)16-28/h3-4,7-8,18-21H,1-2,5-6,9-17H2,(H,29,35)(H,30,34)(H,31,32). The molecule has 5 fully saturated rings. The average Bonchev–Trinajstić information content (AvgIpc) is 3.35. The molecule has 194 valence electrons. The molecule has 1 aromatic rings. The van der Waals surface area contributed by atoms with Crippen LogP contribution in [-0.4, -0.2) is 42.9 Å². The fraction of sp³-hybridized carbons (Fsp3) is 0.643. The van der Waals surface area contributed by atoms with Gasteiger partial charge in [0.2, 0.25) is 5.91 Å². The highest BCUT2D eigenvalue weighted by atomic mass is 16.5. The Morgan fingerprint density at radius 2 is 1.56 bits per heavy atom. The molecule has 36 heavy (non-hydrogen) atoms. The van der Waals surface area contributed by atoms with E-state index in [2.05, 4.69) is 16.0 Å². The van der Waals surface area contributed by atoms with Gasteiger partial charge in [0.05, 0.1) is 17.7 Å². The number of hydrogen-bond acceptors (Lipinski definition) is 5. The molecule has 0 aromatic heterocycles. The van der Waals surface area contributed by atoms with E-state index in [-0.39, 0.29) is 36.2 Å².